The van der Waals surface area contributed by atoms with Crippen molar-refractivity contribution in [3.8, 4) is 0 Å². The Morgan fingerprint density at radius 3 is 2.29 bits per heavy atom. The third-order valence-electron chi connectivity index (χ3n) is 6.79. The maximum Gasteiger partial charge on any atom is 0.251 e. The number of hydrogen-bond donors (Lipinski definition) is 2. The van der Waals surface area contributed by atoms with Gasteiger partial charge in [-0.3, -0.25) is 9.59 Å². The minimum Gasteiger partial charge on any atom is -0.349 e. The molecule has 2 saturated heterocycles. The van der Waals surface area contributed by atoms with Gasteiger partial charge in [-0.1, -0.05) is 25.0 Å². The average Bonchev–Trinajstić information content (AvgIpc) is 3.29. The van der Waals surface area contributed by atoms with Crippen LogP contribution in [0.15, 0.2) is 24.3 Å². The molecule has 2 N–H and O–H groups in total. The monoisotopic (exact) mass is 383 g/mol. The Bertz CT molecular complexity index is 668. The molecule has 2 amide bonds. The molecule has 28 heavy (non-hydrogen) atoms. The van der Waals surface area contributed by atoms with E-state index in [2.05, 4.69) is 22.8 Å². The van der Waals surface area contributed by atoms with Crippen molar-refractivity contribution in [2.75, 3.05) is 26.2 Å². The van der Waals surface area contributed by atoms with Crippen molar-refractivity contribution in [1.29, 1.82) is 0 Å². The summed E-state index contributed by atoms with van der Waals surface area (Å²) in [7, 11) is 0. The van der Waals surface area contributed by atoms with Crippen LogP contribution < -0.4 is 10.6 Å². The van der Waals surface area contributed by atoms with Crippen molar-refractivity contribution in [2.45, 2.75) is 63.3 Å². The summed E-state index contributed by atoms with van der Waals surface area (Å²) in [6, 6.07) is 8.29. The van der Waals surface area contributed by atoms with Crippen LogP contribution in [-0.4, -0.2) is 48.9 Å². The topological polar surface area (TPSA) is 61.4 Å². The summed E-state index contributed by atoms with van der Waals surface area (Å²) in [6.45, 7) is 3.69. The summed E-state index contributed by atoms with van der Waals surface area (Å²) in [5.41, 5.74) is 2.06. The Morgan fingerprint density at radius 2 is 1.64 bits per heavy atom. The fourth-order valence-electron chi connectivity index (χ4n) is 4.99. The molecule has 0 radical (unpaired) electrons. The molecular formula is C23H33N3O2. The zero-order valence-corrected chi connectivity index (χ0v) is 16.8. The second-order valence-corrected chi connectivity index (χ2v) is 8.72. The van der Waals surface area contributed by atoms with Crippen LogP contribution in [0, 0.1) is 5.92 Å². The third kappa shape index (κ3) is 4.57. The number of benzene rings is 1. The van der Waals surface area contributed by atoms with E-state index in [4.69, 9.17) is 0 Å². The van der Waals surface area contributed by atoms with Gasteiger partial charge < -0.3 is 15.5 Å². The fourth-order valence-corrected chi connectivity index (χ4v) is 4.99. The molecule has 0 spiro atoms. The lowest BCUT2D eigenvalue weighted by molar-refractivity contribution is -0.136. The molecule has 5 nitrogen and oxygen atoms in total. The van der Waals surface area contributed by atoms with Crippen molar-refractivity contribution in [3.05, 3.63) is 35.4 Å². The van der Waals surface area contributed by atoms with E-state index in [0.717, 1.165) is 57.4 Å². The summed E-state index contributed by atoms with van der Waals surface area (Å²) < 4.78 is 0. The molecule has 1 saturated carbocycles. The van der Waals surface area contributed by atoms with Crippen molar-refractivity contribution in [2.24, 2.45) is 5.92 Å². The van der Waals surface area contributed by atoms with E-state index < -0.39 is 0 Å². The normalized spacial score (nSPS) is 24.3. The average molecular weight is 384 g/mol. The number of carbonyl (C=O) groups excluding carboxylic acids is 2. The molecule has 1 aromatic carbocycles. The van der Waals surface area contributed by atoms with Crippen LogP contribution in [0.3, 0.4) is 0 Å². The first-order valence-electron chi connectivity index (χ1n) is 11.1. The van der Waals surface area contributed by atoms with E-state index in [0.29, 0.717) is 11.8 Å². The Labute approximate surface area is 168 Å². The molecule has 1 atom stereocenters. The number of amides is 2. The van der Waals surface area contributed by atoms with Gasteiger partial charge in [0.05, 0.1) is 0 Å². The van der Waals surface area contributed by atoms with E-state index in [9.17, 15) is 9.59 Å². The molecule has 5 heteroatoms. The predicted octanol–water partition coefficient (Wildman–Crippen LogP) is 3.06. The van der Waals surface area contributed by atoms with Gasteiger partial charge in [0.15, 0.2) is 0 Å². The molecule has 0 bridgehead atoms. The fraction of sp³-hybridized carbons (Fsp3) is 0.652. The van der Waals surface area contributed by atoms with Crippen molar-refractivity contribution in [1.82, 2.24) is 15.5 Å². The maximum absolute atomic E-state index is 12.6. The number of hydrogen-bond acceptors (Lipinski definition) is 3. The molecule has 4 rings (SSSR count). The molecule has 3 fully saturated rings. The highest BCUT2D eigenvalue weighted by atomic mass is 16.2. The minimum atomic E-state index is 0.00823. The minimum absolute atomic E-state index is 0.00823. The zero-order valence-electron chi connectivity index (χ0n) is 16.8. The van der Waals surface area contributed by atoms with E-state index in [-0.39, 0.29) is 17.9 Å². The first-order chi connectivity index (χ1) is 13.7. The summed E-state index contributed by atoms with van der Waals surface area (Å²) >= 11 is 0. The third-order valence-corrected chi connectivity index (χ3v) is 6.79. The highest BCUT2D eigenvalue weighted by Crippen LogP contribution is 2.28. The molecule has 1 aliphatic carbocycles. The molecule has 0 aromatic heterocycles. The zero-order chi connectivity index (χ0) is 19.3. The molecule has 1 aromatic rings. The Morgan fingerprint density at radius 1 is 0.929 bits per heavy atom. The van der Waals surface area contributed by atoms with Crippen LogP contribution in [0.5, 0.6) is 0 Å². The van der Waals surface area contributed by atoms with Gasteiger partial charge in [0, 0.05) is 37.2 Å². The van der Waals surface area contributed by atoms with Crippen LogP contribution in [0.2, 0.25) is 0 Å². The van der Waals surface area contributed by atoms with Crippen LogP contribution in [0.1, 0.15) is 73.2 Å². The smallest absolute Gasteiger partial charge is 0.251 e. The van der Waals surface area contributed by atoms with Crippen LogP contribution in [0.25, 0.3) is 0 Å². The summed E-state index contributed by atoms with van der Waals surface area (Å²) in [5, 5.41) is 6.62. The van der Waals surface area contributed by atoms with Crippen LogP contribution in [0.4, 0.5) is 0 Å². The van der Waals surface area contributed by atoms with E-state index >= 15 is 0 Å². The second-order valence-electron chi connectivity index (χ2n) is 8.72. The van der Waals surface area contributed by atoms with Crippen molar-refractivity contribution in [3.63, 3.8) is 0 Å². The summed E-state index contributed by atoms with van der Waals surface area (Å²) in [4.78, 5) is 27.2. The van der Waals surface area contributed by atoms with Gasteiger partial charge in [0.2, 0.25) is 5.91 Å². The highest BCUT2D eigenvalue weighted by Gasteiger charge is 2.30. The molecule has 2 heterocycles. The molecule has 152 valence electrons. The first-order valence-corrected chi connectivity index (χ1v) is 11.1. The van der Waals surface area contributed by atoms with Crippen LogP contribution >= 0.6 is 0 Å². The van der Waals surface area contributed by atoms with Gasteiger partial charge in [-0.2, -0.15) is 0 Å². The molecule has 0 unspecified atom stereocenters. The maximum atomic E-state index is 12.6. The van der Waals surface area contributed by atoms with Crippen molar-refractivity contribution >= 4 is 11.8 Å². The van der Waals surface area contributed by atoms with Gasteiger partial charge in [0.25, 0.3) is 5.91 Å². The number of likely N-dealkylation sites (tertiary alicyclic amines) is 1. The van der Waals surface area contributed by atoms with Gasteiger partial charge >= 0.3 is 0 Å². The number of piperidine rings is 2. The number of rotatable bonds is 4. The lowest BCUT2D eigenvalue weighted by Gasteiger charge is -2.34. The Balaban J connectivity index is 1.25. The summed E-state index contributed by atoms with van der Waals surface area (Å²) in [6.07, 6.45) is 8.65. The van der Waals surface area contributed by atoms with Crippen molar-refractivity contribution < 1.29 is 9.59 Å². The van der Waals surface area contributed by atoms with E-state index in [1.54, 1.807) is 0 Å². The summed E-state index contributed by atoms with van der Waals surface area (Å²) in [5.74, 6) is 1.17. The Hall–Kier alpha value is -1.88. The predicted molar refractivity (Wildman–Crippen MR) is 110 cm³/mol. The second kappa shape index (κ2) is 9.08. The van der Waals surface area contributed by atoms with Gasteiger partial charge in [-0.25, -0.2) is 0 Å². The number of nitrogens with one attached hydrogen (secondary N) is 2. The van der Waals surface area contributed by atoms with Gasteiger partial charge in [-0.15, -0.1) is 0 Å². The van der Waals surface area contributed by atoms with E-state index in [1.807, 2.05) is 17.0 Å². The van der Waals surface area contributed by atoms with Gasteiger partial charge in [-0.05, 0) is 68.7 Å². The van der Waals surface area contributed by atoms with E-state index in [1.165, 1.54) is 31.2 Å². The lowest BCUT2D eigenvalue weighted by atomic mass is 9.91. The molecule has 2 aliphatic heterocycles. The van der Waals surface area contributed by atoms with Crippen LogP contribution in [-0.2, 0) is 4.79 Å². The standard InChI is InChI=1S/C23H33N3O2/c27-22(18-9-7-17(8-10-18)20-6-3-13-24-16-20)25-21-11-14-26(15-12-21)23(28)19-4-1-2-5-19/h7-10,19-21,24H,1-6,11-16H2,(H,25,27)/t20-/m1/s1. The highest BCUT2D eigenvalue weighted by molar-refractivity contribution is 5.94. The van der Waals surface area contributed by atoms with Gasteiger partial charge in [0.1, 0.15) is 0 Å². The number of carbonyl (C=O) groups is 2. The SMILES string of the molecule is O=C(NC1CCN(C(=O)C2CCCC2)CC1)c1ccc([C@@H]2CCCNC2)cc1. The quantitative estimate of drug-likeness (QED) is 0.840. The largest absolute Gasteiger partial charge is 0.349 e. The number of nitrogens with zero attached hydrogens (tertiary/aromatic N) is 1. The lowest BCUT2D eigenvalue weighted by Crippen LogP contribution is -2.47. The first kappa shape index (κ1) is 19.4. The molecule has 3 aliphatic rings. The molecular weight excluding hydrogens is 350 g/mol. The Kier molecular flexibility index (Phi) is 6.30.